The second kappa shape index (κ2) is 4.93. The van der Waals surface area contributed by atoms with Crippen molar-refractivity contribution in [2.45, 2.75) is 25.3 Å². The summed E-state index contributed by atoms with van der Waals surface area (Å²) in [7, 11) is 0. The third kappa shape index (κ3) is 3.71. The molecule has 3 N–H and O–H groups in total. The van der Waals surface area contributed by atoms with Crippen LogP contribution in [0.2, 0.25) is 0 Å². The molecule has 1 fully saturated rings. The molecule has 1 aromatic heterocycles. The lowest BCUT2D eigenvalue weighted by atomic mass is 10.4. The Balaban J connectivity index is 1.62. The van der Waals surface area contributed by atoms with E-state index in [4.69, 9.17) is 0 Å². The largest absolute Gasteiger partial charge is 0.370 e. The second-order valence-electron chi connectivity index (χ2n) is 3.81. The lowest BCUT2D eigenvalue weighted by Gasteiger charge is -2.05. The molecule has 1 aliphatic carbocycles. The van der Waals surface area contributed by atoms with Gasteiger partial charge in [-0.2, -0.15) is 0 Å². The van der Waals surface area contributed by atoms with E-state index in [1.165, 1.54) is 25.2 Å². The SMILES string of the molecule is O=c1cc(NCCCNC2CC2)nc[nH]1. The molecular formula is C10H16N4O. The maximum atomic E-state index is 10.9. The quantitative estimate of drug-likeness (QED) is 0.589. The molecule has 5 heteroatoms. The summed E-state index contributed by atoms with van der Waals surface area (Å²) in [6, 6.07) is 2.23. The maximum absolute atomic E-state index is 10.9. The van der Waals surface area contributed by atoms with Crippen molar-refractivity contribution < 1.29 is 0 Å². The van der Waals surface area contributed by atoms with Crippen LogP contribution in [0, 0.1) is 0 Å². The minimum absolute atomic E-state index is 0.122. The molecule has 0 bridgehead atoms. The van der Waals surface area contributed by atoms with Crippen LogP contribution in [0.4, 0.5) is 5.82 Å². The molecule has 0 saturated heterocycles. The summed E-state index contributed by atoms with van der Waals surface area (Å²) in [6.07, 6.45) is 5.10. The molecule has 1 aliphatic rings. The molecule has 0 atom stereocenters. The molecule has 0 unspecified atom stereocenters. The van der Waals surface area contributed by atoms with Crippen molar-refractivity contribution in [1.29, 1.82) is 0 Å². The predicted octanol–water partition coefficient (Wildman–Crippen LogP) is 0.324. The number of rotatable bonds is 6. The number of hydrogen-bond acceptors (Lipinski definition) is 4. The monoisotopic (exact) mass is 208 g/mol. The number of anilines is 1. The third-order valence-electron chi connectivity index (χ3n) is 2.35. The van der Waals surface area contributed by atoms with Gasteiger partial charge in [-0.25, -0.2) is 4.98 Å². The van der Waals surface area contributed by atoms with Crippen LogP contribution >= 0.6 is 0 Å². The average molecular weight is 208 g/mol. The highest BCUT2D eigenvalue weighted by Crippen LogP contribution is 2.18. The minimum Gasteiger partial charge on any atom is -0.370 e. The van der Waals surface area contributed by atoms with Crippen LogP contribution in [0.5, 0.6) is 0 Å². The van der Waals surface area contributed by atoms with Gasteiger partial charge >= 0.3 is 0 Å². The van der Waals surface area contributed by atoms with E-state index in [-0.39, 0.29) is 5.56 Å². The molecule has 1 saturated carbocycles. The molecule has 0 radical (unpaired) electrons. The Morgan fingerprint density at radius 3 is 3.07 bits per heavy atom. The molecule has 5 nitrogen and oxygen atoms in total. The Labute approximate surface area is 88.3 Å². The van der Waals surface area contributed by atoms with E-state index in [1.54, 1.807) is 0 Å². The van der Waals surface area contributed by atoms with Crippen LogP contribution in [-0.2, 0) is 0 Å². The second-order valence-corrected chi connectivity index (χ2v) is 3.81. The van der Waals surface area contributed by atoms with Crippen molar-refractivity contribution in [3.05, 3.63) is 22.7 Å². The Bertz CT molecular complexity index is 358. The minimum atomic E-state index is -0.122. The zero-order chi connectivity index (χ0) is 10.5. The van der Waals surface area contributed by atoms with Gasteiger partial charge in [0.1, 0.15) is 5.82 Å². The fourth-order valence-electron chi connectivity index (χ4n) is 1.36. The van der Waals surface area contributed by atoms with E-state index in [0.29, 0.717) is 5.82 Å². The molecule has 1 heterocycles. The van der Waals surface area contributed by atoms with Gasteiger partial charge in [-0.15, -0.1) is 0 Å². The summed E-state index contributed by atoms with van der Waals surface area (Å²) < 4.78 is 0. The predicted molar refractivity (Wildman–Crippen MR) is 59.0 cm³/mol. The van der Waals surface area contributed by atoms with E-state index in [1.807, 2.05) is 0 Å². The molecule has 0 amide bonds. The number of H-pyrrole nitrogens is 1. The number of aromatic amines is 1. The molecule has 0 aliphatic heterocycles. The van der Waals surface area contributed by atoms with Gasteiger partial charge < -0.3 is 15.6 Å². The first-order valence-electron chi connectivity index (χ1n) is 5.36. The van der Waals surface area contributed by atoms with Gasteiger partial charge in [0.2, 0.25) is 0 Å². The fourth-order valence-corrected chi connectivity index (χ4v) is 1.36. The zero-order valence-electron chi connectivity index (χ0n) is 8.62. The fraction of sp³-hybridized carbons (Fsp3) is 0.600. The van der Waals surface area contributed by atoms with Crippen molar-refractivity contribution in [1.82, 2.24) is 15.3 Å². The Morgan fingerprint density at radius 2 is 2.33 bits per heavy atom. The topological polar surface area (TPSA) is 69.8 Å². The standard InChI is InChI=1S/C10H16N4O/c15-10-6-9(13-7-14-10)12-5-1-4-11-8-2-3-8/h6-8,11H,1-5H2,(H2,12,13,14,15). The Hall–Kier alpha value is -1.36. The van der Waals surface area contributed by atoms with Crippen LogP contribution in [0.25, 0.3) is 0 Å². The number of nitrogens with zero attached hydrogens (tertiary/aromatic N) is 1. The summed E-state index contributed by atoms with van der Waals surface area (Å²) in [5.41, 5.74) is -0.122. The van der Waals surface area contributed by atoms with E-state index in [0.717, 1.165) is 25.6 Å². The van der Waals surface area contributed by atoms with Crippen LogP contribution in [0.1, 0.15) is 19.3 Å². The van der Waals surface area contributed by atoms with Gasteiger partial charge in [0, 0.05) is 18.7 Å². The molecule has 1 aromatic rings. The molecule has 2 rings (SSSR count). The van der Waals surface area contributed by atoms with Crippen molar-refractivity contribution in [3.8, 4) is 0 Å². The van der Waals surface area contributed by atoms with E-state index in [9.17, 15) is 4.79 Å². The molecular weight excluding hydrogens is 192 g/mol. The molecule has 82 valence electrons. The van der Waals surface area contributed by atoms with Gasteiger partial charge in [-0.1, -0.05) is 0 Å². The maximum Gasteiger partial charge on any atom is 0.252 e. The van der Waals surface area contributed by atoms with Gasteiger partial charge in [0.15, 0.2) is 0 Å². The van der Waals surface area contributed by atoms with Gasteiger partial charge in [0.05, 0.1) is 6.33 Å². The van der Waals surface area contributed by atoms with Gasteiger partial charge in [0.25, 0.3) is 5.56 Å². The highest BCUT2D eigenvalue weighted by molar-refractivity contribution is 5.31. The third-order valence-corrected chi connectivity index (χ3v) is 2.35. The summed E-state index contributed by atoms with van der Waals surface area (Å²) in [5, 5.41) is 6.53. The number of nitrogens with one attached hydrogen (secondary N) is 3. The summed E-state index contributed by atoms with van der Waals surface area (Å²) >= 11 is 0. The smallest absolute Gasteiger partial charge is 0.252 e. The number of aromatic nitrogens is 2. The van der Waals surface area contributed by atoms with Crippen LogP contribution in [0.3, 0.4) is 0 Å². The first-order valence-corrected chi connectivity index (χ1v) is 5.36. The highest BCUT2D eigenvalue weighted by atomic mass is 16.1. The summed E-state index contributed by atoms with van der Waals surface area (Å²) in [5.74, 6) is 0.644. The lowest BCUT2D eigenvalue weighted by Crippen LogP contribution is -2.20. The zero-order valence-corrected chi connectivity index (χ0v) is 8.62. The van der Waals surface area contributed by atoms with Gasteiger partial charge in [-0.05, 0) is 25.8 Å². The Morgan fingerprint density at radius 1 is 1.47 bits per heavy atom. The lowest BCUT2D eigenvalue weighted by molar-refractivity contribution is 0.658. The van der Waals surface area contributed by atoms with Gasteiger partial charge in [-0.3, -0.25) is 4.79 Å². The normalized spacial score (nSPS) is 15.2. The molecule has 0 spiro atoms. The highest BCUT2D eigenvalue weighted by Gasteiger charge is 2.19. The van der Waals surface area contributed by atoms with Crippen molar-refractivity contribution in [2.24, 2.45) is 0 Å². The summed E-state index contributed by atoms with van der Waals surface area (Å²) in [6.45, 7) is 1.87. The van der Waals surface area contributed by atoms with E-state index < -0.39 is 0 Å². The Kier molecular flexibility index (Phi) is 3.34. The van der Waals surface area contributed by atoms with Crippen LogP contribution in [-0.4, -0.2) is 29.1 Å². The average Bonchev–Trinajstić information content (AvgIpc) is 3.01. The van der Waals surface area contributed by atoms with E-state index in [2.05, 4.69) is 20.6 Å². The van der Waals surface area contributed by atoms with Crippen molar-refractivity contribution in [3.63, 3.8) is 0 Å². The number of hydrogen-bond donors (Lipinski definition) is 3. The van der Waals surface area contributed by atoms with Crippen molar-refractivity contribution in [2.75, 3.05) is 18.4 Å². The first kappa shape index (κ1) is 10.2. The molecule has 15 heavy (non-hydrogen) atoms. The first-order chi connectivity index (χ1) is 7.34. The molecule has 0 aromatic carbocycles. The van der Waals surface area contributed by atoms with Crippen molar-refractivity contribution >= 4 is 5.82 Å². The van der Waals surface area contributed by atoms with Crippen LogP contribution in [0.15, 0.2) is 17.2 Å². The summed E-state index contributed by atoms with van der Waals surface area (Å²) in [4.78, 5) is 17.4. The van der Waals surface area contributed by atoms with Crippen LogP contribution < -0.4 is 16.2 Å². The van der Waals surface area contributed by atoms with E-state index >= 15 is 0 Å².